The molecule has 0 aromatic carbocycles. The van der Waals surface area contributed by atoms with E-state index in [1.54, 1.807) is 11.3 Å². The van der Waals surface area contributed by atoms with E-state index < -0.39 is 11.7 Å². The fourth-order valence-corrected chi connectivity index (χ4v) is 2.91. The van der Waals surface area contributed by atoms with Gasteiger partial charge in [-0.1, -0.05) is 0 Å². The topological polar surface area (TPSA) is 77.2 Å². The molecule has 0 bridgehead atoms. The number of thiazole rings is 1. The fraction of sp³-hybridized carbons (Fsp3) is 0.714. The zero-order valence-corrected chi connectivity index (χ0v) is 13.1. The van der Waals surface area contributed by atoms with Crippen molar-refractivity contribution in [2.45, 2.75) is 51.0 Å². The number of amides is 1. The molecule has 0 spiro atoms. The summed E-state index contributed by atoms with van der Waals surface area (Å²) in [5.41, 5.74) is 6.29. The summed E-state index contributed by atoms with van der Waals surface area (Å²) >= 11 is 1.70. The van der Waals surface area contributed by atoms with Crippen LogP contribution in [0.2, 0.25) is 0 Å². The number of carbonyl (C=O) groups is 1. The first-order valence-corrected chi connectivity index (χ1v) is 7.89. The Balaban J connectivity index is 1.86. The maximum atomic E-state index is 11.6. The van der Waals surface area contributed by atoms with Crippen molar-refractivity contribution in [2.75, 3.05) is 13.1 Å². The Morgan fingerprint density at radius 2 is 2.30 bits per heavy atom. The molecule has 1 fully saturated rings. The van der Waals surface area contributed by atoms with Crippen molar-refractivity contribution in [1.29, 1.82) is 0 Å². The van der Waals surface area contributed by atoms with Gasteiger partial charge in [0.15, 0.2) is 0 Å². The predicted octanol–water partition coefficient (Wildman–Crippen LogP) is 2.59. The maximum absolute atomic E-state index is 11.6. The molecule has 1 atom stereocenters. The standard InChI is InChI=1S/C14H23N3O2S/c1-14(2,3)19-13(18)16-7-10(6-15)11-8-20-12(17-11)9-4-5-9/h8-10H,4-7,15H2,1-3H3,(H,16,18). The van der Waals surface area contributed by atoms with E-state index in [1.165, 1.54) is 17.8 Å². The van der Waals surface area contributed by atoms with Gasteiger partial charge in [0.1, 0.15) is 5.60 Å². The molecule has 112 valence electrons. The van der Waals surface area contributed by atoms with Gasteiger partial charge in [0, 0.05) is 30.3 Å². The van der Waals surface area contributed by atoms with Crippen LogP contribution in [0, 0.1) is 0 Å². The number of carbonyl (C=O) groups excluding carboxylic acids is 1. The van der Waals surface area contributed by atoms with Crippen LogP contribution in [0.25, 0.3) is 0 Å². The van der Waals surface area contributed by atoms with Crippen molar-refractivity contribution < 1.29 is 9.53 Å². The van der Waals surface area contributed by atoms with Crippen LogP contribution < -0.4 is 11.1 Å². The third kappa shape index (κ3) is 4.45. The minimum Gasteiger partial charge on any atom is -0.444 e. The predicted molar refractivity (Wildman–Crippen MR) is 80.1 cm³/mol. The van der Waals surface area contributed by atoms with Crippen molar-refractivity contribution in [3.63, 3.8) is 0 Å². The van der Waals surface area contributed by atoms with Crippen LogP contribution in [0.1, 0.15) is 56.2 Å². The highest BCUT2D eigenvalue weighted by molar-refractivity contribution is 7.09. The molecule has 1 amide bonds. The van der Waals surface area contributed by atoms with Crippen molar-refractivity contribution >= 4 is 17.4 Å². The highest BCUT2D eigenvalue weighted by atomic mass is 32.1. The average molecular weight is 297 g/mol. The quantitative estimate of drug-likeness (QED) is 0.875. The van der Waals surface area contributed by atoms with E-state index >= 15 is 0 Å². The second kappa shape index (κ2) is 6.10. The lowest BCUT2D eigenvalue weighted by Gasteiger charge is -2.21. The number of nitrogens with zero attached hydrogens (tertiary/aromatic N) is 1. The lowest BCUT2D eigenvalue weighted by Crippen LogP contribution is -2.36. The van der Waals surface area contributed by atoms with Crippen LogP contribution in [0.15, 0.2) is 5.38 Å². The molecule has 2 rings (SSSR count). The molecular formula is C14H23N3O2S. The number of ether oxygens (including phenoxy) is 1. The van der Waals surface area contributed by atoms with Gasteiger partial charge in [-0.05, 0) is 33.6 Å². The lowest BCUT2D eigenvalue weighted by atomic mass is 10.1. The number of hydrogen-bond acceptors (Lipinski definition) is 5. The van der Waals surface area contributed by atoms with E-state index in [4.69, 9.17) is 10.5 Å². The number of rotatable bonds is 5. The summed E-state index contributed by atoms with van der Waals surface area (Å²) in [7, 11) is 0. The molecule has 1 saturated carbocycles. The summed E-state index contributed by atoms with van der Waals surface area (Å²) in [6.07, 6.45) is 2.08. The van der Waals surface area contributed by atoms with Crippen molar-refractivity contribution in [1.82, 2.24) is 10.3 Å². The largest absolute Gasteiger partial charge is 0.444 e. The van der Waals surface area contributed by atoms with Gasteiger partial charge in [-0.2, -0.15) is 0 Å². The van der Waals surface area contributed by atoms with Crippen molar-refractivity contribution in [3.05, 3.63) is 16.1 Å². The summed E-state index contributed by atoms with van der Waals surface area (Å²) in [5.74, 6) is 0.706. The molecule has 1 aliphatic carbocycles. The molecule has 1 aromatic heterocycles. The Morgan fingerprint density at radius 3 is 2.85 bits per heavy atom. The zero-order chi connectivity index (χ0) is 14.8. The summed E-state index contributed by atoms with van der Waals surface area (Å²) in [4.78, 5) is 16.3. The molecular weight excluding hydrogens is 274 g/mol. The van der Waals surface area contributed by atoms with Gasteiger partial charge in [-0.25, -0.2) is 9.78 Å². The Bertz CT molecular complexity index is 463. The number of alkyl carbamates (subject to hydrolysis) is 1. The summed E-state index contributed by atoms with van der Waals surface area (Å²) < 4.78 is 5.21. The third-order valence-electron chi connectivity index (χ3n) is 3.06. The van der Waals surface area contributed by atoms with E-state index in [-0.39, 0.29) is 5.92 Å². The zero-order valence-electron chi connectivity index (χ0n) is 12.3. The van der Waals surface area contributed by atoms with E-state index in [9.17, 15) is 4.79 Å². The SMILES string of the molecule is CC(C)(C)OC(=O)NCC(CN)c1csc(C2CC2)n1. The van der Waals surface area contributed by atoms with E-state index in [2.05, 4.69) is 15.7 Å². The van der Waals surface area contributed by atoms with Gasteiger partial charge in [-0.15, -0.1) is 11.3 Å². The normalized spacial score (nSPS) is 16.8. The van der Waals surface area contributed by atoms with Crippen LogP contribution in [0.4, 0.5) is 4.79 Å². The fourth-order valence-electron chi connectivity index (χ4n) is 1.84. The highest BCUT2D eigenvalue weighted by Gasteiger charge is 2.27. The number of hydrogen-bond donors (Lipinski definition) is 2. The molecule has 0 radical (unpaired) electrons. The number of nitrogens with one attached hydrogen (secondary N) is 1. The second-order valence-electron chi connectivity index (χ2n) is 6.20. The molecule has 1 unspecified atom stereocenters. The van der Waals surface area contributed by atoms with Gasteiger partial charge in [0.2, 0.25) is 0 Å². The van der Waals surface area contributed by atoms with Crippen LogP contribution >= 0.6 is 11.3 Å². The first-order valence-electron chi connectivity index (χ1n) is 7.01. The smallest absolute Gasteiger partial charge is 0.407 e. The number of aromatic nitrogens is 1. The van der Waals surface area contributed by atoms with Crippen LogP contribution in [0.5, 0.6) is 0 Å². The summed E-state index contributed by atoms with van der Waals surface area (Å²) in [5, 5.41) is 6.03. The van der Waals surface area contributed by atoms with Crippen molar-refractivity contribution in [2.24, 2.45) is 5.73 Å². The molecule has 1 aromatic rings. The summed E-state index contributed by atoms with van der Waals surface area (Å²) in [6, 6.07) is 0. The van der Waals surface area contributed by atoms with Gasteiger partial charge < -0.3 is 15.8 Å². The van der Waals surface area contributed by atoms with Crippen LogP contribution in [-0.4, -0.2) is 29.8 Å². The van der Waals surface area contributed by atoms with Crippen LogP contribution in [-0.2, 0) is 4.74 Å². The minimum atomic E-state index is -0.484. The first kappa shape index (κ1) is 15.3. The Morgan fingerprint density at radius 1 is 1.60 bits per heavy atom. The van der Waals surface area contributed by atoms with Crippen LogP contribution in [0.3, 0.4) is 0 Å². The molecule has 5 nitrogen and oxygen atoms in total. The van der Waals surface area contributed by atoms with E-state index in [1.807, 2.05) is 20.8 Å². The second-order valence-corrected chi connectivity index (χ2v) is 7.09. The van der Waals surface area contributed by atoms with Gasteiger partial charge in [0.05, 0.1) is 10.7 Å². The van der Waals surface area contributed by atoms with Gasteiger partial charge in [-0.3, -0.25) is 0 Å². The molecule has 20 heavy (non-hydrogen) atoms. The van der Waals surface area contributed by atoms with Crippen molar-refractivity contribution in [3.8, 4) is 0 Å². The van der Waals surface area contributed by atoms with E-state index in [0.717, 1.165) is 5.69 Å². The molecule has 3 N–H and O–H groups in total. The third-order valence-corrected chi connectivity index (χ3v) is 4.09. The van der Waals surface area contributed by atoms with E-state index in [0.29, 0.717) is 19.0 Å². The lowest BCUT2D eigenvalue weighted by molar-refractivity contribution is 0.0524. The Kier molecular flexibility index (Phi) is 4.65. The molecule has 1 heterocycles. The molecule has 0 aliphatic heterocycles. The Labute approximate surface area is 123 Å². The summed E-state index contributed by atoms with van der Waals surface area (Å²) in [6.45, 7) is 6.45. The molecule has 1 aliphatic rings. The van der Waals surface area contributed by atoms with Gasteiger partial charge >= 0.3 is 6.09 Å². The minimum absolute atomic E-state index is 0.0475. The average Bonchev–Trinajstić information content (AvgIpc) is 3.07. The maximum Gasteiger partial charge on any atom is 0.407 e. The Hall–Kier alpha value is -1.14. The molecule has 0 saturated heterocycles. The molecule has 6 heteroatoms. The number of nitrogens with two attached hydrogens (primary N) is 1. The highest BCUT2D eigenvalue weighted by Crippen LogP contribution is 2.41. The monoisotopic (exact) mass is 297 g/mol. The van der Waals surface area contributed by atoms with Gasteiger partial charge in [0.25, 0.3) is 0 Å². The first-order chi connectivity index (χ1) is 9.39.